The molecule has 0 aliphatic carbocycles. The minimum Gasteiger partial charge on any atom is -0.493 e. The highest BCUT2D eigenvalue weighted by molar-refractivity contribution is 9.10. The Morgan fingerprint density at radius 2 is 2.11 bits per heavy atom. The minimum atomic E-state index is 0.378. The maximum atomic E-state index is 5.78. The van der Waals surface area contributed by atoms with Crippen LogP contribution in [0.2, 0.25) is 0 Å². The smallest absolute Gasteiger partial charge is 0.123 e. The highest BCUT2D eigenvalue weighted by Gasteiger charge is 2.08. The van der Waals surface area contributed by atoms with Gasteiger partial charge in [-0.1, -0.05) is 29.8 Å². The Morgan fingerprint density at radius 1 is 1.32 bits per heavy atom. The molecule has 1 atom stereocenters. The molecule has 0 heterocycles. The molecular weight excluding hydrogens is 306 g/mol. The van der Waals surface area contributed by atoms with Crippen LogP contribution in [0.25, 0.3) is 0 Å². The summed E-state index contributed by atoms with van der Waals surface area (Å²) in [4.78, 5) is 0. The van der Waals surface area contributed by atoms with Crippen molar-refractivity contribution < 1.29 is 9.47 Å². The van der Waals surface area contributed by atoms with Crippen LogP contribution in [0, 0.1) is 0 Å². The Bertz CT molecular complexity index is 371. The van der Waals surface area contributed by atoms with Crippen LogP contribution < -0.4 is 10.1 Å². The van der Waals surface area contributed by atoms with Crippen molar-refractivity contribution >= 4 is 15.9 Å². The summed E-state index contributed by atoms with van der Waals surface area (Å²) in [6, 6.07) is 6.52. The zero-order valence-corrected chi connectivity index (χ0v) is 13.6. The van der Waals surface area contributed by atoms with Crippen molar-refractivity contribution in [1.29, 1.82) is 0 Å². The van der Waals surface area contributed by atoms with Gasteiger partial charge < -0.3 is 14.8 Å². The first-order valence-electron chi connectivity index (χ1n) is 6.84. The van der Waals surface area contributed by atoms with Gasteiger partial charge in [-0.05, 0) is 31.0 Å². The minimum absolute atomic E-state index is 0.378. The van der Waals surface area contributed by atoms with E-state index in [2.05, 4.69) is 41.2 Å². The number of methoxy groups -OCH3 is 1. The third-order valence-corrected chi connectivity index (χ3v) is 3.42. The van der Waals surface area contributed by atoms with Gasteiger partial charge in [-0.2, -0.15) is 0 Å². The van der Waals surface area contributed by atoms with Crippen LogP contribution in [0.1, 0.15) is 32.3 Å². The van der Waals surface area contributed by atoms with Gasteiger partial charge in [-0.15, -0.1) is 0 Å². The first kappa shape index (κ1) is 16.5. The Labute approximate surface area is 124 Å². The lowest BCUT2D eigenvalue weighted by Crippen LogP contribution is -2.32. The highest BCUT2D eigenvalue weighted by atomic mass is 79.9. The van der Waals surface area contributed by atoms with Gasteiger partial charge in [-0.3, -0.25) is 0 Å². The second kappa shape index (κ2) is 9.34. The fraction of sp³-hybridized carbons (Fsp3) is 0.600. The van der Waals surface area contributed by atoms with Crippen LogP contribution in [0.15, 0.2) is 22.7 Å². The molecule has 1 aromatic rings. The van der Waals surface area contributed by atoms with Gasteiger partial charge in [-0.25, -0.2) is 0 Å². The second-order valence-corrected chi connectivity index (χ2v) is 5.46. The summed E-state index contributed by atoms with van der Waals surface area (Å²) < 4.78 is 12.1. The first-order valence-corrected chi connectivity index (χ1v) is 7.64. The average Bonchev–Trinajstić information content (AvgIpc) is 2.42. The Morgan fingerprint density at radius 3 is 2.74 bits per heavy atom. The topological polar surface area (TPSA) is 30.5 Å². The predicted molar refractivity (Wildman–Crippen MR) is 82.7 cm³/mol. The number of nitrogens with one attached hydrogen (secondary N) is 1. The van der Waals surface area contributed by atoms with E-state index in [1.807, 2.05) is 12.1 Å². The molecule has 0 amide bonds. The number of benzene rings is 1. The molecule has 19 heavy (non-hydrogen) atoms. The molecule has 0 radical (unpaired) electrons. The summed E-state index contributed by atoms with van der Waals surface area (Å²) >= 11 is 3.51. The highest BCUT2D eigenvalue weighted by Crippen LogP contribution is 2.23. The third kappa shape index (κ3) is 5.93. The molecule has 1 N–H and O–H groups in total. The molecule has 1 rings (SSSR count). The van der Waals surface area contributed by atoms with Crippen LogP contribution >= 0.6 is 15.9 Å². The molecule has 0 bridgehead atoms. The average molecular weight is 330 g/mol. The molecule has 108 valence electrons. The van der Waals surface area contributed by atoms with Gasteiger partial charge in [0.25, 0.3) is 0 Å². The summed E-state index contributed by atoms with van der Waals surface area (Å²) in [6.07, 6.45) is 2.07. The van der Waals surface area contributed by atoms with E-state index in [0.717, 1.165) is 42.8 Å². The normalized spacial score (nSPS) is 12.4. The van der Waals surface area contributed by atoms with Crippen molar-refractivity contribution in [2.75, 3.05) is 20.3 Å². The van der Waals surface area contributed by atoms with Gasteiger partial charge in [0.1, 0.15) is 5.75 Å². The van der Waals surface area contributed by atoms with E-state index in [-0.39, 0.29) is 0 Å². The van der Waals surface area contributed by atoms with Crippen LogP contribution in [0.4, 0.5) is 0 Å². The molecule has 1 unspecified atom stereocenters. The van der Waals surface area contributed by atoms with Gasteiger partial charge >= 0.3 is 0 Å². The van der Waals surface area contributed by atoms with E-state index in [0.29, 0.717) is 6.04 Å². The fourth-order valence-electron chi connectivity index (χ4n) is 1.82. The lowest BCUT2D eigenvalue weighted by Gasteiger charge is -2.18. The number of hydrogen-bond acceptors (Lipinski definition) is 3. The lowest BCUT2D eigenvalue weighted by atomic mass is 10.1. The third-order valence-electron chi connectivity index (χ3n) is 2.93. The molecule has 0 saturated heterocycles. The number of halogens is 1. The maximum Gasteiger partial charge on any atom is 0.123 e. The van der Waals surface area contributed by atoms with Crippen molar-refractivity contribution in [1.82, 2.24) is 5.32 Å². The maximum absolute atomic E-state index is 5.78. The number of ether oxygens (including phenoxy) is 2. The predicted octanol–water partition coefficient (Wildman–Crippen LogP) is 3.75. The van der Waals surface area contributed by atoms with Crippen LogP contribution in [-0.2, 0) is 11.3 Å². The van der Waals surface area contributed by atoms with E-state index >= 15 is 0 Å². The van der Waals surface area contributed by atoms with Crippen LogP contribution in [0.3, 0.4) is 0 Å². The Kier molecular flexibility index (Phi) is 8.10. The van der Waals surface area contributed by atoms with Crippen molar-refractivity contribution in [3.05, 3.63) is 28.2 Å². The van der Waals surface area contributed by atoms with Gasteiger partial charge in [0, 0.05) is 29.7 Å². The lowest BCUT2D eigenvalue weighted by molar-refractivity contribution is 0.163. The summed E-state index contributed by atoms with van der Waals surface area (Å²) in [5, 5.41) is 3.50. The Balaban J connectivity index is 2.66. The summed E-state index contributed by atoms with van der Waals surface area (Å²) in [5.74, 6) is 0.963. The van der Waals surface area contributed by atoms with E-state index in [1.54, 1.807) is 7.11 Å². The van der Waals surface area contributed by atoms with E-state index in [9.17, 15) is 0 Å². The number of rotatable bonds is 9. The summed E-state index contributed by atoms with van der Waals surface area (Å²) in [6.45, 7) is 6.55. The molecule has 0 fully saturated rings. The van der Waals surface area contributed by atoms with E-state index in [4.69, 9.17) is 9.47 Å². The quantitative estimate of drug-likeness (QED) is 0.748. The largest absolute Gasteiger partial charge is 0.493 e. The molecule has 0 aliphatic heterocycles. The second-order valence-electron chi connectivity index (χ2n) is 4.54. The molecule has 0 aromatic heterocycles. The fourth-order valence-corrected chi connectivity index (χ4v) is 2.22. The molecule has 0 spiro atoms. The van der Waals surface area contributed by atoms with Gasteiger partial charge in [0.15, 0.2) is 0 Å². The molecule has 0 saturated carbocycles. The van der Waals surface area contributed by atoms with Crippen molar-refractivity contribution in [3.63, 3.8) is 0 Å². The molecular formula is C15H24BrNO2. The monoisotopic (exact) mass is 329 g/mol. The molecule has 4 heteroatoms. The number of hydrogen-bond donors (Lipinski definition) is 1. The van der Waals surface area contributed by atoms with Crippen LogP contribution in [-0.4, -0.2) is 26.4 Å². The molecule has 1 aromatic carbocycles. The SMILES string of the molecule is CCCOc1ccc(Br)cc1CNC(CC)COC. The first-order chi connectivity index (χ1) is 9.21. The van der Waals surface area contributed by atoms with Crippen LogP contribution in [0.5, 0.6) is 5.75 Å². The van der Waals surface area contributed by atoms with E-state index in [1.165, 1.54) is 5.56 Å². The van der Waals surface area contributed by atoms with E-state index < -0.39 is 0 Å². The molecule has 3 nitrogen and oxygen atoms in total. The zero-order chi connectivity index (χ0) is 14.1. The van der Waals surface area contributed by atoms with Gasteiger partial charge in [0.2, 0.25) is 0 Å². The standard InChI is InChI=1S/C15H24BrNO2/c1-4-8-19-15-7-6-13(16)9-12(15)10-17-14(5-2)11-18-3/h6-7,9,14,17H,4-5,8,10-11H2,1-3H3. The zero-order valence-electron chi connectivity index (χ0n) is 12.0. The van der Waals surface area contributed by atoms with Crippen molar-refractivity contribution in [2.24, 2.45) is 0 Å². The van der Waals surface area contributed by atoms with Gasteiger partial charge in [0.05, 0.1) is 13.2 Å². The van der Waals surface area contributed by atoms with Crippen molar-refractivity contribution in [3.8, 4) is 5.75 Å². The summed E-state index contributed by atoms with van der Waals surface area (Å²) in [7, 11) is 1.74. The Hall–Kier alpha value is -0.580. The molecule has 0 aliphatic rings. The summed E-state index contributed by atoms with van der Waals surface area (Å²) in [5.41, 5.74) is 1.18. The van der Waals surface area contributed by atoms with Crippen molar-refractivity contribution in [2.45, 2.75) is 39.3 Å².